The van der Waals surface area contributed by atoms with Gasteiger partial charge in [-0.25, -0.2) is 0 Å². The van der Waals surface area contributed by atoms with E-state index in [0.717, 1.165) is 27.0 Å². The summed E-state index contributed by atoms with van der Waals surface area (Å²) in [5.74, 6) is 0. The van der Waals surface area contributed by atoms with Crippen molar-refractivity contribution in [1.29, 1.82) is 0 Å². The fourth-order valence-electron chi connectivity index (χ4n) is 1.94. The van der Waals surface area contributed by atoms with Crippen molar-refractivity contribution in [1.82, 2.24) is 0 Å². The van der Waals surface area contributed by atoms with E-state index in [-0.39, 0.29) is 6.04 Å². The highest BCUT2D eigenvalue weighted by atomic mass is 79.9. The molecule has 1 nitrogen and oxygen atoms in total. The van der Waals surface area contributed by atoms with Crippen LogP contribution in [-0.4, -0.2) is 0 Å². The molecule has 0 saturated heterocycles. The number of benzene rings is 2. The largest absolute Gasteiger partial charge is 0.324 e. The molecule has 0 saturated carbocycles. The summed E-state index contributed by atoms with van der Waals surface area (Å²) in [6.45, 7) is 2.07. The Morgan fingerprint density at radius 1 is 1.22 bits per heavy atom. The van der Waals surface area contributed by atoms with Gasteiger partial charge in [-0.05, 0) is 36.6 Å². The van der Waals surface area contributed by atoms with Gasteiger partial charge in [-0.2, -0.15) is 0 Å². The number of halogens is 2. The van der Waals surface area contributed by atoms with Crippen LogP contribution in [0.2, 0.25) is 5.02 Å². The number of hydrogen-bond donors (Lipinski definition) is 1. The van der Waals surface area contributed by atoms with Gasteiger partial charge in [-0.15, -0.1) is 0 Å². The van der Waals surface area contributed by atoms with E-state index in [2.05, 4.69) is 41.1 Å². The van der Waals surface area contributed by atoms with Crippen molar-refractivity contribution in [3.8, 4) is 0 Å². The van der Waals surface area contributed by atoms with Crippen LogP contribution < -0.4 is 5.73 Å². The molecule has 0 aliphatic carbocycles. The fourth-order valence-corrected chi connectivity index (χ4v) is 2.69. The van der Waals surface area contributed by atoms with Crippen molar-refractivity contribution in [2.24, 2.45) is 5.73 Å². The van der Waals surface area contributed by atoms with Crippen LogP contribution in [0.25, 0.3) is 0 Å². The number of aryl methyl sites for hydroxylation is 1. The SMILES string of the molecule is Cc1cccc(C(N)Cc2ccc(Br)cc2Cl)c1. The van der Waals surface area contributed by atoms with E-state index >= 15 is 0 Å². The Labute approximate surface area is 121 Å². The first-order chi connectivity index (χ1) is 8.56. The standard InChI is InChI=1S/C15H15BrClN/c1-10-3-2-4-12(7-10)15(18)8-11-5-6-13(16)9-14(11)17/h2-7,9,15H,8,18H2,1H3. The van der Waals surface area contributed by atoms with Gasteiger partial charge in [0, 0.05) is 15.5 Å². The molecule has 0 amide bonds. The topological polar surface area (TPSA) is 26.0 Å². The van der Waals surface area contributed by atoms with Gasteiger partial charge in [0.1, 0.15) is 0 Å². The molecule has 0 fully saturated rings. The van der Waals surface area contributed by atoms with Crippen LogP contribution in [-0.2, 0) is 6.42 Å². The highest BCUT2D eigenvalue weighted by Crippen LogP contribution is 2.25. The van der Waals surface area contributed by atoms with Crippen molar-refractivity contribution in [3.05, 3.63) is 68.7 Å². The maximum atomic E-state index is 6.23. The average molecular weight is 325 g/mol. The van der Waals surface area contributed by atoms with Crippen molar-refractivity contribution in [2.45, 2.75) is 19.4 Å². The minimum absolute atomic E-state index is 0.0245. The van der Waals surface area contributed by atoms with Gasteiger partial charge < -0.3 is 5.73 Å². The van der Waals surface area contributed by atoms with Gasteiger partial charge in [0.05, 0.1) is 0 Å². The second kappa shape index (κ2) is 5.87. The average Bonchev–Trinajstić information content (AvgIpc) is 2.32. The highest BCUT2D eigenvalue weighted by molar-refractivity contribution is 9.10. The van der Waals surface area contributed by atoms with Crippen LogP contribution in [0.4, 0.5) is 0 Å². The zero-order chi connectivity index (χ0) is 13.1. The minimum Gasteiger partial charge on any atom is -0.324 e. The first-order valence-corrected chi connectivity index (χ1v) is 6.99. The quantitative estimate of drug-likeness (QED) is 0.873. The van der Waals surface area contributed by atoms with E-state index in [4.69, 9.17) is 17.3 Å². The second-order valence-corrected chi connectivity index (χ2v) is 5.78. The van der Waals surface area contributed by atoms with Crippen LogP contribution in [0.3, 0.4) is 0 Å². The molecule has 18 heavy (non-hydrogen) atoms. The Bertz CT molecular complexity index is 554. The van der Waals surface area contributed by atoms with E-state index in [9.17, 15) is 0 Å². The maximum Gasteiger partial charge on any atom is 0.0449 e. The smallest absolute Gasteiger partial charge is 0.0449 e. The van der Waals surface area contributed by atoms with Gasteiger partial charge in [-0.3, -0.25) is 0 Å². The molecule has 0 heterocycles. The molecule has 0 spiro atoms. The zero-order valence-corrected chi connectivity index (χ0v) is 12.5. The fraction of sp³-hybridized carbons (Fsp3) is 0.200. The Balaban J connectivity index is 2.18. The molecule has 1 unspecified atom stereocenters. The molecule has 1 atom stereocenters. The van der Waals surface area contributed by atoms with Gasteiger partial charge in [-0.1, -0.05) is 63.4 Å². The van der Waals surface area contributed by atoms with E-state index in [1.807, 2.05) is 24.3 Å². The second-order valence-electron chi connectivity index (χ2n) is 4.46. The molecular formula is C15H15BrClN. The Hall–Kier alpha value is -0.830. The minimum atomic E-state index is -0.0245. The summed E-state index contributed by atoms with van der Waals surface area (Å²) in [7, 11) is 0. The Kier molecular flexibility index (Phi) is 4.44. The van der Waals surface area contributed by atoms with Gasteiger partial charge in [0.2, 0.25) is 0 Å². The van der Waals surface area contributed by atoms with Crippen molar-refractivity contribution in [3.63, 3.8) is 0 Å². The predicted molar refractivity (Wildman–Crippen MR) is 81.0 cm³/mol. The zero-order valence-electron chi connectivity index (χ0n) is 10.2. The molecule has 2 aromatic carbocycles. The molecule has 94 valence electrons. The summed E-state index contributed by atoms with van der Waals surface area (Å²) in [6.07, 6.45) is 0.746. The lowest BCUT2D eigenvalue weighted by atomic mass is 9.98. The van der Waals surface area contributed by atoms with Crippen molar-refractivity contribution in [2.75, 3.05) is 0 Å². The summed E-state index contributed by atoms with van der Waals surface area (Å²) >= 11 is 9.61. The van der Waals surface area contributed by atoms with Crippen LogP contribution in [0, 0.1) is 6.92 Å². The lowest BCUT2D eigenvalue weighted by Gasteiger charge is -2.14. The maximum absolute atomic E-state index is 6.23. The predicted octanol–water partition coefficient (Wildman–Crippen LogP) is 4.65. The Morgan fingerprint density at radius 2 is 2.00 bits per heavy atom. The monoisotopic (exact) mass is 323 g/mol. The highest BCUT2D eigenvalue weighted by Gasteiger charge is 2.10. The van der Waals surface area contributed by atoms with E-state index in [1.165, 1.54) is 5.56 Å². The van der Waals surface area contributed by atoms with Crippen molar-refractivity contribution < 1.29 is 0 Å². The van der Waals surface area contributed by atoms with Crippen LogP contribution in [0.5, 0.6) is 0 Å². The van der Waals surface area contributed by atoms with E-state index in [1.54, 1.807) is 0 Å². The summed E-state index contributed by atoms with van der Waals surface area (Å²) in [6, 6.07) is 14.2. The number of nitrogens with two attached hydrogens (primary N) is 1. The molecule has 0 bridgehead atoms. The Morgan fingerprint density at radius 3 is 2.67 bits per heavy atom. The van der Waals surface area contributed by atoms with Crippen LogP contribution in [0.15, 0.2) is 46.9 Å². The third-order valence-corrected chi connectivity index (χ3v) is 3.77. The molecule has 0 aromatic heterocycles. The molecule has 2 aromatic rings. The number of rotatable bonds is 3. The van der Waals surface area contributed by atoms with Gasteiger partial charge in [0.15, 0.2) is 0 Å². The first-order valence-electron chi connectivity index (χ1n) is 5.82. The summed E-state index contributed by atoms with van der Waals surface area (Å²) < 4.78 is 0.986. The summed E-state index contributed by atoms with van der Waals surface area (Å²) in [5.41, 5.74) is 9.68. The van der Waals surface area contributed by atoms with Crippen LogP contribution >= 0.6 is 27.5 Å². The molecular weight excluding hydrogens is 310 g/mol. The number of hydrogen-bond acceptors (Lipinski definition) is 1. The van der Waals surface area contributed by atoms with Crippen LogP contribution in [0.1, 0.15) is 22.7 Å². The lowest BCUT2D eigenvalue weighted by Crippen LogP contribution is -2.13. The summed E-state index contributed by atoms with van der Waals surface area (Å²) in [4.78, 5) is 0. The van der Waals surface area contributed by atoms with E-state index < -0.39 is 0 Å². The molecule has 0 radical (unpaired) electrons. The van der Waals surface area contributed by atoms with E-state index in [0.29, 0.717) is 0 Å². The molecule has 3 heteroatoms. The van der Waals surface area contributed by atoms with Crippen molar-refractivity contribution >= 4 is 27.5 Å². The van der Waals surface area contributed by atoms with Gasteiger partial charge >= 0.3 is 0 Å². The van der Waals surface area contributed by atoms with Gasteiger partial charge in [0.25, 0.3) is 0 Å². The lowest BCUT2D eigenvalue weighted by molar-refractivity contribution is 0.721. The molecule has 2 N–H and O–H groups in total. The third kappa shape index (κ3) is 3.35. The first kappa shape index (κ1) is 13.6. The molecule has 0 aliphatic rings. The molecule has 2 rings (SSSR count). The normalized spacial score (nSPS) is 12.4. The molecule has 0 aliphatic heterocycles. The summed E-state index contributed by atoms with van der Waals surface area (Å²) in [5, 5.41) is 0.757. The third-order valence-electron chi connectivity index (χ3n) is 2.93.